The highest BCUT2D eigenvalue weighted by Crippen LogP contribution is 2.32. The van der Waals surface area contributed by atoms with Crippen LogP contribution in [0.5, 0.6) is 0 Å². The maximum Gasteiger partial charge on any atom is 0.358 e. The number of halogens is 2. The van der Waals surface area contributed by atoms with Crippen molar-refractivity contribution in [1.29, 1.82) is 0 Å². The fourth-order valence-electron chi connectivity index (χ4n) is 1.70. The molecule has 4 nitrogen and oxygen atoms in total. The highest BCUT2D eigenvalue weighted by Gasteiger charge is 2.22. The molecule has 0 saturated heterocycles. The fraction of sp³-hybridized carbons (Fsp3) is 0.143. The van der Waals surface area contributed by atoms with Gasteiger partial charge in [-0.15, -0.1) is 0 Å². The van der Waals surface area contributed by atoms with E-state index in [9.17, 15) is 9.18 Å². The first kappa shape index (κ1) is 14.3. The van der Waals surface area contributed by atoms with E-state index in [2.05, 4.69) is 9.72 Å². The molecule has 0 atom stereocenters. The van der Waals surface area contributed by atoms with E-state index in [0.29, 0.717) is 5.56 Å². The number of esters is 1. The van der Waals surface area contributed by atoms with Crippen LogP contribution in [0.3, 0.4) is 0 Å². The first-order chi connectivity index (χ1) is 9.45. The number of benzene rings is 1. The number of pyridine rings is 1. The molecule has 1 aromatic heterocycles. The summed E-state index contributed by atoms with van der Waals surface area (Å²) in [5.41, 5.74) is 6.55. The van der Waals surface area contributed by atoms with E-state index in [0.717, 1.165) is 5.56 Å². The number of methoxy groups -OCH3 is 1. The maximum absolute atomic E-state index is 14.2. The number of ether oxygens (including phenoxy) is 1. The molecule has 0 aliphatic heterocycles. The molecular formula is C14H12ClFN2O2. The molecule has 20 heavy (non-hydrogen) atoms. The molecule has 0 unspecified atom stereocenters. The molecule has 2 aromatic rings. The van der Waals surface area contributed by atoms with Crippen molar-refractivity contribution < 1.29 is 13.9 Å². The van der Waals surface area contributed by atoms with Crippen LogP contribution < -0.4 is 5.73 Å². The molecule has 0 saturated carbocycles. The van der Waals surface area contributed by atoms with Crippen molar-refractivity contribution >= 4 is 23.3 Å². The van der Waals surface area contributed by atoms with Crippen molar-refractivity contribution in [2.75, 3.05) is 12.8 Å². The van der Waals surface area contributed by atoms with Crippen LogP contribution >= 0.6 is 11.6 Å². The molecule has 0 aliphatic rings. The lowest BCUT2D eigenvalue weighted by Gasteiger charge is -2.10. The summed E-state index contributed by atoms with van der Waals surface area (Å²) >= 11 is 5.83. The average Bonchev–Trinajstić information content (AvgIpc) is 2.45. The molecule has 6 heteroatoms. The molecule has 1 aromatic carbocycles. The number of nitrogens with two attached hydrogens (primary N) is 1. The topological polar surface area (TPSA) is 65.2 Å². The van der Waals surface area contributed by atoms with Gasteiger partial charge in [0.2, 0.25) is 0 Å². The Kier molecular flexibility index (Phi) is 3.90. The molecule has 2 N–H and O–H groups in total. The van der Waals surface area contributed by atoms with Gasteiger partial charge in [-0.3, -0.25) is 0 Å². The van der Waals surface area contributed by atoms with Gasteiger partial charge in [0.1, 0.15) is 5.69 Å². The minimum absolute atomic E-state index is 0.0349. The van der Waals surface area contributed by atoms with E-state index < -0.39 is 11.8 Å². The van der Waals surface area contributed by atoms with E-state index in [4.69, 9.17) is 17.3 Å². The van der Waals surface area contributed by atoms with Gasteiger partial charge in [0.05, 0.1) is 17.8 Å². The second-order valence-corrected chi connectivity index (χ2v) is 4.59. The molecule has 0 fully saturated rings. The Morgan fingerprint density at radius 2 is 1.95 bits per heavy atom. The van der Waals surface area contributed by atoms with Crippen LogP contribution in [-0.4, -0.2) is 18.1 Å². The van der Waals surface area contributed by atoms with Crippen LogP contribution in [0.2, 0.25) is 5.02 Å². The van der Waals surface area contributed by atoms with Crippen molar-refractivity contribution in [2.45, 2.75) is 6.92 Å². The van der Waals surface area contributed by atoms with Crippen molar-refractivity contribution in [3.8, 4) is 11.3 Å². The van der Waals surface area contributed by atoms with Crippen molar-refractivity contribution in [3.05, 3.63) is 46.4 Å². The molecule has 104 valence electrons. The lowest BCUT2D eigenvalue weighted by Crippen LogP contribution is -2.10. The van der Waals surface area contributed by atoms with E-state index in [1.807, 2.05) is 6.92 Å². The number of rotatable bonds is 2. The minimum atomic E-state index is -0.768. The van der Waals surface area contributed by atoms with Crippen LogP contribution in [0.1, 0.15) is 16.1 Å². The molecule has 0 bridgehead atoms. The van der Waals surface area contributed by atoms with E-state index in [-0.39, 0.29) is 22.1 Å². The van der Waals surface area contributed by atoms with Crippen LogP contribution in [0.25, 0.3) is 11.3 Å². The zero-order chi connectivity index (χ0) is 14.9. The summed E-state index contributed by atoms with van der Waals surface area (Å²) in [7, 11) is 1.19. The summed E-state index contributed by atoms with van der Waals surface area (Å²) in [4.78, 5) is 15.5. The highest BCUT2D eigenvalue weighted by atomic mass is 35.5. The summed E-state index contributed by atoms with van der Waals surface area (Å²) in [5, 5.41) is -0.245. The van der Waals surface area contributed by atoms with Crippen LogP contribution in [0.4, 0.5) is 10.1 Å². The molecule has 0 radical (unpaired) electrons. The molecular weight excluding hydrogens is 283 g/mol. The number of carbonyl (C=O) groups excluding carboxylic acids is 1. The Hall–Kier alpha value is -2.14. The number of hydrogen-bond donors (Lipinski definition) is 1. The third-order valence-electron chi connectivity index (χ3n) is 2.82. The quantitative estimate of drug-likeness (QED) is 0.864. The minimum Gasteiger partial charge on any atom is -0.464 e. The number of aryl methyl sites for hydroxylation is 1. The molecule has 2 rings (SSSR count). The zero-order valence-corrected chi connectivity index (χ0v) is 11.7. The molecule has 1 heterocycles. The third kappa shape index (κ3) is 2.44. The monoisotopic (exact) mass is 294 g/mol. The number of nitrogens with zero attached hydrogens (tertiary/aromatic N) is 1. The maximum atomic E-state index is 14.2. The Morgan fingerprint density at radius 1 is 1.35 bits per heavy atom. The van der Waals surface area contributed by atoms with Crippen molar-refractivity contribution in [1.82, 2.24) is 4.98 Å². The van der Waals surface area contributed by atoms with Crippen LogP contribution in [-0.2, 0) is 4.74 Å². The Labute approximate surface area is 120 Å². The first-order valence-corrected chi connectivity index (χ1v) is 6.13. The summed E-state index contributed by atoms with van der Waals surface area (Å²) in [6, 6.07) is 6.99. The zero-order valence-electron chi connectivity index (χ0n) is 10.9. The van der Waals surface area contributed by atoms with Crippen LogP contribution in [0.15, 0.2) is 24.3 Å². The summed E-state index contributed by atoms with van der Waals surface area (Å²) in [6.45, 7) is 1.91. The smallest absolute Gasteiger partial charge is 0.358 e. The van der Waals surface area contributed by atoms with E-state index in [1.54, 1.807) is 24.3 Å². The lowest BCUT2D eigenvalue weighted by molar-refractivity contribution is 0.0594. The Balaban J connectivity index is 2.67. The van der Waals surface area contributed by atoms with Gasteiger partial charge < -0.3 is 10.5 Å². The normalized spacial score (nSPS) is 10.4. The second-order valence-electron chi connectivity index (χ2n) is 4.21. The molecule has 0 amide bonds. The molecule has 0 aliphatic carbocycles. The van der Waals surface area contributed by atoms with Gasteiger partial charge in [-0.25, -0.2) is 14.2 Å². The van der Waals surface area contributed by atoms with Crippen LogP contribution in [0, 0.1) is 12.7 Å². The highest BCUT2D eigenvalue weighted by molar-refractivity contribution is 6.35. The summed E-state index contributed by atoms with van der Waals surface area (Å²) in [6.07, 6.45) is 0. The average molecular weight is 295 g/mol. The first-order valence-electron chi connectivity index (χ1n) is 5.75. The SMILES string of the molecule is COC(=O)c1nc(-c2ccc(C)cc2)c(F)c(N)c1Cl. The largest absolute Gasteiger partial charge is 0.464 e. The predicted molar refractivity (Wildman–Crippen MR) is 75.1 cm³/mol. The van der Waals surface area contributed by atoms with Gasteiger partial charge in [0.25, 0.3) is 0 Å². The fourth-order valence-corrected chi connectivity index (χ4v) is 1.90. The lowest BCUT2D eigenvalue weighted by atomic mass is 10.1. The Morgan fingerprint density at radius 3 is 2.50 bits per heavy atom. The van der Waals surface area contributed by atoms with Gasteiger partial charge in [-0.1, -0.05) is 41.4 Å². The predicted octanol–water partition coefficient (Wildman–Crippen LogP) is 3.22. The van der Waals surface area contributed by atoms with E-state index >= 15 is 0 Å². The number of carbonyl (C=O) groups is 1. The van der Waals surface area contributed by atoms with Gasteiger partial charge in [-0.05, 0) is 6.92 Å². The third-order valence-corrected chi connectivity index (χ3v) is 3.20. The summed E-state index contributed by atoms with van der Waals surface area (Å²) in [5.74, 6) is -1.53. The molecule has 0 spiro atoms. The van der Waals surface area contributed by atoms with Gasteiger partial charge in [-0.2, -0.15) is 0 Å². The van der Waals surface area contributed by atoms with Gasteiger partial charge in [0.15, 0.2) is 11.5 Å². The van der Waals surface area contributed by atoms with Gasteiger partial charge in [0, 0.05) is 5.56 Å². The number of anilines is 1. The Bertz CT molecular complexity index is 672. The standard InChI is InChI=1S/C14H12ClFN2O2/c1-7-3-5-8(6-4-7)12-10(16)11(17)9(15)13(18-12)14(19)20-2/h3-6H,1-2H3,(H2,17,18). The number of hydrogen-bond acceptors (Lipinski definition) is 4. The van der Waals surface area contributed by atoms with E-state index in [1.165, 1.54) is 7.11 Å². The number of aromatic nitrogens is 1. The number of nitrogen functional groups attached to an aromatic ring is 1. The van der Waals surface area contributed by atoms with Gasteiger partial charge >= 0.3 is 5.97 Å². The van der Waals surface area contributed by atoms with Crippen molar-refractivity contribution in [2.24, 2.45) is 0 Å². The van der Waals surface area contributed by atoms with Crippen molar-refractivity contribution in [3.63, 3.8) is 0 Å². The second kappa shape index (κ2) is 5.46. The summed E-state index contributed by atoms with van der Waals surface area (Å²) < 4.78 is 18.7.